The maximum atomic E-state index is 12.8. The second-order valence-corrected chi connectivity index (χ2v) is 10.3. The summed E-state index contributed by atoms with van der Waals surface area (Å²) in [4.78, 5) is 26.9. The minimum atomic E-state index is -3.49. The van der Waals surface area contributed by atoms with Gasteiger partial charge in [0.25, 0.3) is 0 Å². The van der Waals surface area contributed by atoms with Gasteiger partial charge in [0.05, 0.1) is 16.3 Å². The molecule has 0 heterocycles. The van der Waals surface area contributed by atoms with E-state index in [-0.39, 0.29) is 10.9 Å². The Hall–Kier alpha value is -2.29. The maximum Gasteiger partial charge on any atom is 0.408 e. The van der Waals surface area contributed by atoms with Crippen molar-refractivity contribution >= 4 is 33.2 Å². The van der Waals surface area contributed by atoms with Crippen molar-refractivity contribution in [2.75, 3.05) is 23.5 Å². The first-order valence-corrected chi connectivity index (χ1v) is 11.6. The Kier molecular flexibility index (Phi) is 6.82. The van der Waals surface area contributed by atoms with Gasteiger partial charge in [0.1, 0.15) is 11.6 Å². The van der Waals surface area contributed by atoms with Crippen LogP contribution in [0.5, 0.6) is 0 Å². The van der Waals surface area contributed by atoms with E-state index >= 15 is 0 Å². The van der Waals surface area contributed by atoms with Crippen molar-refractivity contribution in [3.8, 4) is 0 Å². The van der Waals surface area contributed by atoms with Gasteiger partial charge in [-0.1, -0.05) is 13.0 Å². The van der Waals surface area contributed by atoms with Crippen LogP contribution in [0.4, 0.5) is 16.2 Å². The fourth-order valence-electron chi connectivity index (χ4n) is 2.95. The molecule has 29 heavy (non-hydrogen) atoms. The van der Waals surface area contributed by atoms with Gasteiger partial charge >= 0.3 is 6.09 Å². The lowest BCUT2D eigenvalue weighted by Crippen LogP contribution is -2.45. The molecule has 0 aromatic heterocycles. The third kappa shape index (κ3) is 6.35. The quantitative estimate of drug-likeness (QED) is 0.696. The molecule has 2 amide bonds. The molecule has 2 N–H and O–H groups in total. The van der Waals surface area contributed by atoms with Gasteiger partial charge in [-0.2, -0.15) is 0 Å². The SMILES string of the molecule is CCC(NC(=O)OC(C)(C)C)C(=O)Nc1cccc(S(C)(=O)=O)c1N(C)C1CC1. The lowest BCUT2D eigenvalue weighted by molar-refractivity contribution is -0.118. The molecule has 1 aromatic carbocycles. The Balaban J connectivity index is 2.27. The molecule has 0 saturated heterocycles. The lowest BCUT2D eigenvalue weighted by atomic mass is 10.2. The van der Waals surface area contributed by atoms with E-state index in [1.807, 2.05) is 11.9 Å². The van der Waals surface area contributed by atoms with Crippen LogP contribution >= 0.6 is 0 Å². The summed E-state index contributed by atoms with van der Waals surface area (Å²) in [5.74, 6) is -0.436. The number of anilines is 2. The van der Waals surface area contributed by atoms with Crippen LogP contribution in [0.1, 0.15) is 47.0 Å². The summed E-state index contributed by atoms with van der Waals surface area (Å²) in [6.45, 7) is 6.99. The zero-order valence-electron chi connectivity index (χ0n) is 17.9. The first-order valence-electron chi connectivity index (χ1n) is 9.69. The van der Waals surface area contributed by atoms with E-state index < -0.39 is 33.5 Å². The van der Waals surface area contributed by atoms with Crippen LogP contribution < -0.4 is 15.5 Å². The van der Waals surface area contributed by atoms with Crippen LogP contribution in [0.2, 0.25) is 0 Å². The van der Waals surface area contributed by atoms with Crippen molar-refractivity contribution in [3.63, 3.8) is 0 Å². The van der Waals surface area contributed by atoms with E-state index in [1.54, 1.807) is 39.8 Å². The molecule has 0 bridgehead atoms. The van der Waals surface area contributed by atoms with Crippen molar-refractivity contribution in [3.05, 3.63) is 18.2 Å². The molecule has 1 aromatic rings. The molecule has 9 heteroatoms. The second-order valence-electron chi connectivity index (χ2n) is 8.36. The van der Waals surface area contributed by atoms with E-state index in [2.05, 4.69) is 10.6 Å². The summed E-state index contributed by atoms with van der Waals surface area (Å²) in [7, 11) is -1.66. The molecule has 1 aliphatic rings. The standard InChI is InChI=1S/C20H31N3O5S/c1-7-14(22-19(25)28-20(2,3)4)18(24)21-15-9-8-10-16(29(6,26)27)17(15)23(5)13-11-12-13/h8-10,13-14H,7,11-12H2,1-6H3,(H,21,24)(H,22,25). The summed E-state index contributed by atoms with van der Waals surface area (Å²) >= 11 is 0. The summed E-state index contributed by atoms with van der Waals surface area (Å²) in [6, 6.07) is 4.23. The van der Waals surface area contributed by atoms with Gasteiger partial charge in [-0.05, 0) is 52.2 Å². The maximum absolute atomic E-state index is 12.8. The number of carbonyl (C=O) groups excluding carboxylic acids is 2. The lowest BCUT2D eigenvalue weighted by Gasteiger charge is -2.26. The largest absolute Gasteiger partial charge is 0.444 e. The predicted octanol–water partition coefficient (Wildman–Crippen LogP) is 2.93. The third-order valence-corrected chi connectivity index (χ3v) is 5.65. The molecule has 1 fully saturated rings. The summed E-state index contributed by atoms with van der Waals surface area (Å²) in [5, 5.41) is 5.36. The minimum Gasteiger partial charge on any atom is -0.444 e. The van der Waals surface area contributed by atoms with Gasteiger partial charge in [0.15, 0.2) is 9.84 Å². The second kappa shape index (κ2) is 8.61. The van der Waals surface area contributed by atoms with Crippen molar-refractivity contribution in [2.24, 2.45) is 0 Å². The van der Waals surface area contributed by atoms with Gasteiger partial charge in [0.2, 0.25) is 5.91 Å². The number of amides is 2. The molecule has 0 aliphatic heterocycles. The number of benzene rings is 1. The number of rotatable bonds is 7. The van der Waals surface area contributed by atoms with Crippen LogP contribution in [-0.4, -0.2) is 51.4 Å². The van der Waals surface area contributed by atoms with Gasteiger partial charge in [-0.3, -0.25) is 4.79 Å². The predicted molar refractivity (Wildman–Crippen MR) is 113 cm³/mol. The van der Waals surface area contributed by atoms with E-state index in [1.165, 1.54) is 6.07 Å². The van der Waals surface area contributed by atoms with Crippen LogP contribution in [0, 0.1) is 0 Å². The molecular weight excluding hydrogens is 394 g/mol. The number of alkyl carbamates (subject to hydrolysis) is 1. The van der Waals surface area contributed by atoms with Crippen molar-refractivity contribution < 1.29 is 22.7 Å². The topological polar surface area (TPSA) is 105 Å². The first kappa shape index (κ1) is 23.0. The Morgan fingerprint density at radius 2 is 1.90 bits per heavy atom. The summed E-state index contributed by atoms with van der Waals surface area (Å²) in [6.07, 6.45) is 2.76. The van der Waals surface area contributed by atoms with Crippen molar-refractivity contribution in [1.82, 2.24) is 5.32 Å². The number of hydrogen-bond donors (Lipinski definition) is 2. The summed E-state index contributed by atoms with van der Waals surface area (Å²) < 4.78 is 29.8. The van der Waals surface area contributed by atoms with Crippen molar-refractivity contribution in [2.45, 2.75) is 69.5 Å². The summed E-state index contributed by atoms with van der Waals surface area (Å²) in [5.41, 5.74) is 0.192. The van der Waals surface area contributed by atoms with Gasteiger partial charge in [-0.15, -0.1) is 0 Å². The van der Waals surface area contributed by atoms with Gasteiger partial charge < -0.3 is 20.3 Å². The van der Waals surface area contributed by atoms with Crippen LogP contribution in [-0.2, 0) is 19.4 Å². The fourth-order valence-corrected chi connectivity index (χ4v) is 3.88. The van der Waals surface area contributed by atoms with E-state index in [0.29, 0.717) is 17.8 Å². The number of ether oxygens (including phenoxy) is 1. The van der Waals surface area contributed by atoms with Crippen LogP contribution in [0.3, 0.4) is 0 Å². The van der Waals surface area contributed by atoms with Crippen LogP contribution in [0.15, 0.2) is 23.1 Å². The van der Waals surface area contributed by atoms with E-state index in [0.717, 1.165) is 19.1 Å². The molecule has 0 spiro atoms. The Morgan fingerprint density at radius 3 is 2.38 bits per heavy atom. The number of carbonyl (C=O) groups is 2. The highest BCUT2D eigenvalue weighted by atomic mass is 32.2. The normalized spacial score (nSPS) is 15.4. The average molecular weight is 426 g/mol. The van der Waals surface area contributed by atoms with E-state index in [4.69, 9.17) is 4.74 Å². The van der Waals surface area contributed by atoms with Crippen molar-refractivity contribution in [1.29, 1.82) is 0 Å². The first-order chi connectivity index (χ1) is 13.3. The van der Waals surface area contributed by atoms with Gasteiger partial charge in [-0.25, -0.2) is 13.2 Å². The highest BCUT2D eigenvalue weighted by Gasteiger charge is 2.32. The zero-order chi connectivity index (χ0) is 22.0. The average Bonchev–Trinajstić information content (AvgIpc) is 3.41. The molecule has 2 rings (SSSR count). The Bertz CT molecular complexity index is 873. The number of para-hydroxylation sites is 1. The number of nitrogens with one attached hydrogen (secondary N) is 2. The molecular formula is C20H31N3O5S. The molecule has 1 unspecified atom stereocenters. The van der Waals surface area contributed by atoms with Crippen LogP contribution in [0.25, 0.3) is 0 Å². The monoisotopic (exact) mass is 425 g/mol. The van der Waals surface area contributed by atoms with Gasteiger partial charge in [0, 0.05) is 19.3 Å². The third-order valence-electron chi connectivity index (χ3n) is 4.52. The molecule has 0 radical (unpaired) electrons. The molecule has 8 nitrogen and oxygen atoms in total. The molecule has 1 saturated carbocycles. The highest BCUT2D eigenvalue weighted by molar-refractivity contribution is 7.90. The smallest absolute Gasteiger partial charge is 0.408 e. The van der Waals surface area contributed by atoms with E-state index in [9.17, 15) is 18.0 Å². The minimum absolute atomic E-state index is 0.165. The molecule has 1 aliphatic carbocycles. The number of hydrogen-bond acceptors (Lipinski definition) is 6. The fraction of sp³-hybridized carbons (Fsp3) is 0.600. The zero-order valence-corrected chi connectivity index (χ0v) is 18.7. The Morgan fingerprint density at radius 1 is 1.28 bits per heavy atom. The molecule has 162 valence electrons. The molecule has 1 atom stereocenters. The number of nitrogens with zero attached hydrogens (tertiary/aromatic N) is 1. The Labute approximate surface area is 172 Å². The number of sulfone groups is 1. The highest BCUT2D eigenvalue weighted by Crippen LogP contribution is 2.39.